The molecule has 0 N–H and O–H groups in total. The molecule has 4 heteroatoms. The lowest BCUT2D eigenvalue weighted by atomic mass is 10.1. The Morgan fingerprint density at radius 2 is 2.29 bits per heavy atom. The predicted octanol–water partition coefficient (Wildman–Crippen LogP) is 4.27. The van der Waals surface area contributed by atoms with Crippen LogP contribution in [0.4, 0.5) is 0 Å². The Hall–Kier alpha value is -0.120. The zero-order valence-corrected chi connectivity index (χ0v) is 11.6. The number of thiophene rings is 1. The highest BCUT2D eigenvalue weighted by molar-refractivity contribution is 14.1. The minimum absolute atomic E-state index is 0.741. The van der Waals surface area contributed by atoms with Crippen LogP contribution in [0.2, 0.25) is 0 Å². The number of nitrogens with zero attached hydrogens (tertiary/aromatic N) is 1. The molecular weight excluding hydrogens is 373 g/mol. The summed E-state index contributed by atoms with van der Waals surface area (Å²) in [5.74, 6) is 0. The summed E-state index contributed by atoms with van der Waals surface area (Å²) >= 11 is 7.48. The van der Waals surface area contributed by atoms with Crippen molar-refractivity contribution in [2.75, 3.05) is 0 Å². The quantitative estimate of drug-likeness (QED) is 0.537. The number of fused-ring (bicyclic) bond motifs is 1. The van der Waals surface area contributed by atoms with Crippen molar-refractivity contribution >= 4 is 59.9 Å². The average Bonchev–Trinajstić information content (AvgIpc) is 2.59. The Kier molecular flexibility index (Phi) is 3.10. The van der Waals surface area contributed by atoms with Gasteiger partial charge in [0.15, 0.2) is 0 Å². The van der Waals surface area contributed by atoms with Gasteiger partial charge in [-0.1, -0.05) is 15.9 Å². The molecule has 14 heavy (non-hydrogen) atoms. The summed E-state index contributed by atoms with van der Waals surface area (Å²) in [5, 5.41) is 13.1. The van der Waals surface area contributed by atoms with Gasteiger partial charge in [0.1, 0.15) is 0 Å². The Morgan fingerprint density at radius 1 is 1.50 bits per heavy atom. The summed E-state index contributed by atoms with van der Waals surface area (Å²) in [5.41, 5.74) is 1.94. The van der Waals surface area contributed by atoms with Crippen LogP contribution < -0.4 is 0 Å². The molecule has 1 aromatic carbocycles. The van der Waals surface area contributed by atoms with Crippen LogP contribution >= 0.6 is 49.9 Å². The zero-order valence-electron chi connectivity index (χ0n) is 7.05. The third kappa shape index (κ3) is 1.69. The summed E-state index contributed by atoms with van der Waals surface area (Å²) in [4.78, 5) is 0. The van der Waals surface area contributed by atoms with Crippen LogP contribution in [0.15, 0.2) is 17.5 Å². The Balaban J connectivity index is 2.84. The maximum atomic E-state index is 8.86. The molecule has 0 aliphatic carbocycles. The summed E-state index contributed by atoms with van der Waals surface area (Å²) in [7, 11) is 0. The number of rotatable bonds is 1. The van der Waals surface area contributed by atoms with E-state index in [1.165, 1.54) is 19.2 Å². The lowest BCUT2D eigenvalue weighted by molar-refractivity contribution is 1.44. The Labute approximate surface area is 108 Å². The molecule has 0 aliphatic heterocycles. The van der Waals surface area contributed by atoms with Crippen LogP contribution in [0.1, 0.15) is 11.1 Å². The minimum atomic E-state index is 0.741. The molecule has 0 unspecified atom stereocenters. The highest BCUT2D eigenvalue weighted by atomic mass is 127. The fraction of sp³-hybridized carbons (Fsp3) is 0.100. The van der Waals surface area contributed by atoms with Crippen LogP contribution in [0.25, 0.3) is 10.1 Å². The van der Waals surface area contributed by atoms with Gasteiger partial charge in [-0.15, -0.1) is 11.3 Å². The van der Waals surface area contributed by atoms with E-state index in [1.807, 2.05) is 12.1 Å². The molecule has 0 saturated carbocycles. The first kappa shape index (κ1) is 10.4. The molecule has 0 amide bonds. The smallest absolute Gasteiger partial charge is 0.0992 e. The minimum Gasteiger partial charge on any atom is -0.192 e. The maximum absolute atomic E-state index is 8.86. The first-order valence-corrected chi connectivity index (χ1v) is 7.00. The highest BCUT2D eigenvalue weighted by Gasteiger charge is 2.08. The number of alkyl halides is 1. The van der Waals surface area contributed by atoms with Crippen LogP contribution in [-0.4, -0.2) is 0 Å². The van der Waals surface area contributed by atoms with Gasteiger partial charge in [-0.3, -0.25) is 0 Å². The maximum Gasteiger partial charge on any atom is 0.0992 e. The second-order valence-corrected chi connectivity index (χ2v) is 5.47. The van der Waals surface area contributed by atoms with Crippen molar-refractivity contribution in [3.8, 4) is 6.07 Å². The van der Waals surface area contributed by atoms with Crippen molar-refractivity contribution in [2.24, 2.45) is 0 Å². The standard InChI is InChI=1S/C10H5BrINS/c11-3-7-1-6(4-13)2-9-10(7)8(12)5-14-9/h1-2,5H,3H2. The van der Waals surface area contributed by atoms with Gasteiger partial charge in [-0.2, -0.15) is 5.26 Å². The molecule has 1 heterocycles. The third-order valence-electron chi connectivity index (χ3n) is 1.99. The number of hydrogen-bond donors (Lipinski definition) is 0. The molecule has 0 atom stereocenters. The van der Waals surface area contributed by atoms with Crippen molar-refractivity contribution in [1.82, 2.24) is 0 Å². The predicted molar refractivity (Wildman–Crippen MR) is 71.9 cm³/mol. The third-order valence-corrected chi connectivity index (χ3v) is 4.79. The van der Waals surface area contributed by atoms with Gasteiger partial charge in [0.25, 0.3) is 0 Å². The molecule has 1 nitrogen and oxygen atoms in total. The summed E-state index contributed by atoms with van der Waals surface area (Å²) in [6.45, 7) is 0. The SMILES string of the molecule is N#Cc1cc(CBr)c2c(I)csc2c1. The summed E-state index contributed by atoms with van der Waals surface area (Å²) < 4.78 is 2.46. The molecular formula is C10H5BrINS. The van der Waals surface area contributed by atoms with Crippen LogP contribution in [0.3, 0.4) is 0 Å². The average molecular weight is 378 g/mol. The van der Waals surface area contributed by atoms with E-state index in [0.29, 0.717) is 0 Å². The van der Waals surface area contributed by atoms with Gasteiger partial charge in [0, 0.05) is 24.4 Å². The van der Waals surface area contributed by atoms with E-state index < -0.39 is 0 Å². The molecule has 0 aliphatic rings. The fourth-order valence-electron chi connectivity index (χ4n) is 1.38. The molecule has 70 valence electrons. The normalized spacial score (nSPS) is 10.4. The summed E-state index contributed by atoms with van der Waals surface area (Å²) in [6.07, 6.45) is 0. The van der Waals surface area contributed by atoms with Crippen LogP contribution in [0.5, 0.6) is 0 Å². The number of nitriles is 1. The van der Waals surface area contributed by atoms with Crippen molar-refractivity contribution in [3.05, 3.63) is 32.2 Å². The van der Waals surface area contributed by atoms with Crippen molar-refractivity contribution in [3.63, 3.8) is 0 Å². The fourth-order valence-corrected chi connectivity index (χ4v) is 3.93. The van der Waals surface area contributed by atoms with E-state index in [-0.39, 0.29) is 0 Å². The zero-order chi connectivity index (χ0) is 10.1. The van der Waals surface area contributed by atoms with E-state index in [9.17, 15) is 0 Å². The van der Waals surface area contributed by atoms with Gasteiger partial charge < -0.3 is 0 Å². The Bertz CT molecular complexity index is 527. The lowest BCUT2D eigenvalue weighted by Crippen LogP contribution is -1.83. The van der Waals surface area contributed by atoms with Gasteiger partial charge in [0.2, 0.25) is 0 Å². The number of benzene rings is 1. The van der Waals surface area contributed by atoms with Crippen molar-refractivity contribution in [2.45, 2.75) is 5.33 Å². The molecule has 0 spiro atoms. The second-order valence-electron chi connectivity index (χ2n) is 2.84. The number of hydrogen-bond acceptors (Lipinski definition) is 2. The lowest BCUT2D eigenvalue weighted by Gasteiger charge is -2.00. The van der Waals surface area contributed by atoms with E-state index in [0.717, 1.165) is 10.9 Å². The summed E-state index contributed by atoms with van der Waals surface area (Å²) in [6, 6.07) is 6.09. The molecule has 0 bridgehead atoms. The Morgan fingerprint density at radius 3 is 2.93 bits per heavy atom. The van der Waals surface area contributed by atoms with Crippen molar-refractivity contribution < 1.29 is 0 Å². The molecule has 2 rings (SSSR count). The largest absolute Gasteiger partial charge is 0.192 e. The first-order chi connectivity index (χ1) is 6.76. The van der Waals surface area contributed by atoms with E-state index in [4.69, 9.17) is 5.26 Å². The van der Waals surface area contributed by atoms with Gasteiger partial charge in [-0.25, -0.2) is 0 Å². The molecule has 2 aromatic rings. The second kappa shape index (κ2) is 4.17. The van der Waals surface area contributed by atoms with Crippen LogP contribution in [0, 0.1) is 14.9 Å². The number of halogens is 2. The van der Waals surface area contributed by atoms with E-state index in [2.05, 4.69) is 50.0 Å². The molecule has 0 fully saturated rings. The van der Waals surface area contributed by atoms with E-state index in [1.54, 1.807) is 11.3 Å². The van der Waals surface area contributed by atoms with Gasteiger partial charge in [-0.05, 0) is 40.3 Å². The first-order valence-electron chi connectivity index (χ1n) is 3.92. The molecule has 1 aromatic heterocycles. The highest BCUT2D eigenvalue weighted by Crippen LogP contribution is 2.32. The van der Waals surface area contributed by atoms with Gasteiger partial charge in [0.05, 0.1) is 11.6 Å². The van der Waals surface area contributed by atoms with E-state index >= 15 is 0 Å². The topological polar surface area (TPSA) is 23.8 Å². The molecule has 0 radical (unpaired) electrons. The van der Waals surface area contributed by atoms with Crippen LogP contribution in [-0.2, 0) is 5.33 Å². The van der Waals surface area contributed by atoms with Crippen molar-refractivity contribution in [1.29, 1.82) is 5.26 Å². The molecule has 0 saturated heterocycles. The van der Waals surface area contributed by atoms with Gasteiger partial charge >= 0.3 is 0 Å². The monoisotopic (exact) mass is 377 g/mol.